The summed E-state index contributed by atoms with van der Waals surface area (Å²) in [7, 11) is 0. The number of carbonyl (C=O) groups is 3. The van der Waals surface area contributed by atoms with Gasteiger partial charge >= 0.3 is 5.97 Å². The van der Waals surface area contributed by atoms with Crippen molar-refractivity contribution in [3.8, 4) is 0 Å². The van der Waals surface area contributed by atoms with Gasteiger partial charge in [0.05, 0.1) is 84.2 Å². The standard InChI is InChI=1S/C32H51N5O10/c1-25(2)29-21-37(36-35-29)10-12-42-14-16-44-18-20-45-19-17-43-15-13-41-11-9-33-30(38)23-46-24-31(39)34-28-7-5-27(6-8-28)22-47-32(40)26(3)4/h5-8,21,25-26H,9-20,22-24H2,1-4H3,(H,33,38)(H,34,39). The van der Waals surface area contributed by atoms with E-state index < -0.39 is 5.91 Å². The van der Waals surface area contributed by atoms with Crippen molar-refractivity contribution >= 4 is 23.5 Å². The smallest absolute Gasteiger partial charge is 0.308 e. The van der Waals surface area contributed by atoms with Crippen molar-refractivity contribution in [3.05, 3.63) is 41.7 Å². The lowest BCUT2D eigenvalue weighted by atomic mass is 10.2. The van der Waals surface area contributed by atoms with Crippen molar-refractivity contribution in [2.75, 3.05) is 91.1 Å². The van der Waals surface area contributed by atoms with Gasteiger partial charge in [0.1, 0.15) is 19.8 Å². The first kappa shape index (κ1) is 39.7. The van der Waals surface area contributed by atoms with Gasteiger partial charge in [0, 0.05) is 18.4 Å². The molecule has 0 radical (unpaired) electrons. The Morgan fingerprint density at radius 1 is 0.723 bits per heavy atom. The third-order valence-corrected chi connectivity index (χ3v) is 6.23. The SMILES string of the molecule is CC(C)C(=O)OCc1ccc(NC(=O)COCC(=O)NCCOCCOCCOCCOCCOCCn2cc(C(C)C)nn2)cc1. The molecule has 0 saturated carbocycles. The summed E-state index contributed by atoms with van der Waals surface area (Å²) in [6.07, 6.45) is 1.94. The van der Waals surface area contributed by atoms with E-state index in [1.165, 1.54) is 0 Å². The van der Waals surface area contributed by atoms with Crippen LogP contribution in [0.3, 0.4) is 0 Å². The van der Waals surface area contributed by atoms with Crippen molar-refractivity contribution in [1.29, 1.82) is 0 Å². The lowest BCUT2D eigenvalue weighted by Gasteiger charge is -2.09. The van der Waals surface area contributed by atoms with Gasteiger partial charge in [-0.05, 0) is 23.6 Å². The maximum Gasteiger partial charge on any atom is 0.308 e. The first-order chi connectivity index (χ1) is 22.7. The second kappa shape index (κ2) is 24.7. The molecule has 2 aromatic rings. The Morgan fingerprint density at radius 3 is 1.83 bits per heavy atom. The Hall–Kier alpha value is -3.47. The lowest BCUT2D eigenvalue weighted by molar-refractivity contribution is -0.148. The highest BCUT2D eigenvalue weighted by molar-refractivity contribution is 5.91. The summed E-state index contributed by atoms with van der Waals surface area (Å²) in [5, 5.41) is 13.5. The summed E-state index contributed by atoms with van der Waals surface area (Å²) in [4.78, 5) is 35.5. The molecule has 1 aromatic heterocycles. The Labute approximate surface area is 276 Å². The molecule has 0 aliphatic rings. The van der Waals surface area contributed by atoms with Crippen molar-refractivity contribution in [2.24, 2.45) is 5.92 Å². The van der Waals surface area contributed by atoms with Crippen LogP contribution in [0.25, 0.3) is 0 Å². The molecule has 0 spiro atoms. The van der Waals surface area contributed by atoms with E-state index in [0.29, 0.717) is 90.8 Å². The van der Waals surface area contributed by atoms with Crippen LogP contribution in [0.4, 0.5) is 5.69 Å². The number of carbonyl (C=O) groups excluding carboxylic acids is 3. The molecule has 15 heteroatoms. The van der Waals surface area contributed by atoms with Crippen LogP contribution in [-0.2, 0) is 60.7 Å². The van der Waals surface area contributed by atoms with Crippen molar-refractivity contribution < 1.29 is 47.5 Å². The molecule has 2 amide bonds. The average Bonchev–Trinajstić information content (AvgIpc) is 3.53. The molecule has 264 valence electrons. The van der Waals surface area contributed by atoms with Crippen LogP contribution in [0, 0.1) is 5.92 Å². The molecule has 1 heterocycles. The van der Waals surface area contributed by atoms with E-state index in [1.807, 2.05) is 6.20 Å². The van der Waals surface area contributed by atoms with Gasteiger partial charge < -0.3 is 43.8 Å². The van der Waals surface area contributed by atoms with E-state index in [1.54, 1.807) is 42.8 Å². The van der Waals surface area contributed by atoms with Crippen molar-refractivity contribution in [3.63, 3.8) is 0 Å². The number of hydrogen-bond donors (Lipinski definition) is 2. The quantitative estimate of drug-likeness (QED) is 0.105. The van der Waals surface area contributed by atoms with Crippen LogP contribution in [0.15, 0.2) is 30.5 Å². The minimum absolute atomic E-state index is 0.167. The highest BCUT2D eigenvalue weighted by Gasteiger charge is 2.09. The van der Waals surface area contributed by atoms with E-state index in [9.17, 15) is 14.4 Å². The maximum absolute atomic E-state index is 12.1. The largest absolute Gasteiger partial charge is 0.461 e. The Morgan fingerprint density at radius 2 is 1.28 bits per heavy atom. The normalized spacial score (nSPS) is 11.3. The van der Waals surface area contributed by atoms with Crippen LogP contribution in [0.2, 0.25) is 0 Å². The number of rotatable bonds is 27. The minimum Gasteiger partial charge on any atom is -0.461 e. The minimum atomic E-state index is -0.392. The fourth-order valence-electron chi connectivity index (χ4n) is 3.58. The first-order valence-electron chi connectivity index (χ1n) is 15.9. The molecule has 0 aliphatic carbocycles. The number of benzene rings is 1. The molecule has 0 atom stereocenters. The van der Waals surface area contributed by atoms with E-state index in [4.69, 9.17) is 33.2 Å². The van der Waals surface area contributed by atoms with Crippen molar-refractivity contribution in [2.45, 2.75) is 46.8 Å². The first-order valence-corrected chi connectivity index (χ1v) is 15.9. The number of nitrogens with zero attached hydrogens (tertiary/aromatic N) is 3. The van der Waals surface area contributed by atoms with E-state index in [2.05, 4.69) is 34.8 Å². The summed E-state index contributed by atoms with van der Waals surface area (Å²) in [5.74, 6) is -0.847. The average molecular weight is 666 g/mol. The number of ether oxygens (including phenoxy) is 7. The molecule has 47 heavy (non-hydrogen) atoms. The molecule has 0 saturated heterocycles. The highest BCUT2D eigenvalue weighted by atomic mass is 16.6. The molecule has 0 unspecified atom stereocenters. The molecule has 0 bridgehead atoms. The van der Waals surface area contributed by atoms with E-state index in [0.717, 1.165) is 11.3 Å². The number of esters is 1. The third kappa shape index (κ3) is 19.7. The fourth-order valence-corrected chi connectivity index (χ4v) is 3.58. The molecule has 0 aliphatic heterocycles. The van der Waals surface area contributed by atoms with Gasteiger partial charge in [-0.25, -0.2) is 4.68 Å². The zero-order chi connectivity index (χ0) is 34.1. The summed E-state index contributed by atoms with van der Waals surface area (Å²) in [5.41, 5.74) is 2.34. The molecular formula is C32H51N5O10. The Balaban J connectivity index is 1.30. The van der Waals surface area contributed by atoms with Gasteiger partial charge in [0.15, 0.2) is 0 Å². The van der Waals surface area contributed by atoms with E-state index in [-0.39, 0.29) is 37.6 Å². The monoisotopic (exact) mass is 665 g/mol. The lowest BCUT2D eigenvalue weighted by Crippen LogP contribution is -2.32. The second-order valence-corrected chi connectivity index (χ2v) is 11.0. The van der Waals surface area contributed by atoms with E-state index >= 15 is 0 Å². The molecule has 2 N–H and O–H groups in total. The summed E-state index contributed by atoms with van der Waals surface area (Å²) in [6, 6.07) is 6.91. The van der Waals surface area contributed by atoms with Gasteiger partial charge in [-0.2, -0.15) is 0 Å². The van der Waals surface area contributed by atoms with Gasteiger partial charge in [-0.15, -0.1) is 5.10 Å². The Kier molecular flexibility index (Phi) is 20.8. The number of amides is 2. The topological polar surface area (TPSA) is 171 Å². The molecular weight excluding hydrogens is 614 g/mol. The maximum atomic E-state index is 12.1. The number of aromatic nitrogens is 3. The number of anilines is 1. The molecule has 1 aromatic carbocycles. The van der Waals surface area contributed by atoms with Crippen LogP contribution >= 0.6 is 0 Å². The molecule has 2 rings (SSSR count). The van der Waals surface area contributed by atoms with Crippen LogP contribution in [-0.4, -0.2) is 119 Å². The van der Waals surface area contributed by atoms with Gasteiger partial charge in [0.2, 0.25) is 11.8 Å². The zero-order valence-electron chi connectivity index (χ0n) is 28.1. The van der Waals surface area contributed by atoms with Crippen LogP contribution in [0.1, 0.15) is 44.9 Å². The summed E-state index contributed by atoms with van der Waals surface area (Å²) >= 11 is 0. The van der Waals surface area contributed by atoms with Crippen molar-refractivity contribution in [1.82, 2.24) is 20.3 Å². The van der Waals surface area contributed by atoms with Gasteiger partial charge in [0.25, 0.3) is 0 Å². The van der Waals surface area contributed by atoms with Crippen LogP contribution < -0.4 is 10.6 Å². The number of nitrogens with one attached hydrogen (secondary N) is 2. The number of hydrogen-bond acceptors (Lipinski definition) is 12. The van der Waals surface area contributed by atoms with Gasteiger partial charge in [-0.1, -0.05) is 45.0 Å². The third-order valence-electron chi connectivity index (χ3n) is 6.23. The Bertz CT molecular complexity index is 1140. The fraction of sp³-hybridized carbons (Fsp3) is 0.656. The molecule has 0 fully saturated rings. The second-order valence-electron chi connectivity index (χ2n) is 11.0. The predicted molar refractivity (Wildman–Crippen MR) is 172 cm³/mol. The predicted octanol–water partition coefficient (Wildman–Crippen LogP) is 1.96. The summed E-state index contributed by atoms with van der Waals surface area (Å²) in [6.45, 7) is 12.8. The molecule has 15 nitrogen and oxygen atoms in total. The zero-order valence-corrected chi connectivity index (χ0v) is 28.1. The van der Waals surface area contributed by atoms with Crippen LogP contribution in [0.5, 0.6) is 0 Å². The van der Waals surface area contributed by atoms with Gasteiger partial charge in [-0.3, -0.25) is 14.4 Å². The summed E-state index contributed by atoms with van der Waals surface area (Å²) < 4.78 is 39.5. The highest BCUT2D eigenvalue weighted by Crippen LogP contribution is 2.11.